The van der Waals surface area contributed by atoms with Crippen LogP contribution in [0.2, 0.25) is 0 Å². The molecule has 1 aromatic carbocycles. The van der Waals surface area contributed by atoms with Gasteiger partial charge in [-0.2, -0.15) is 13.2 Å². The number of aryl methyl sites for hydroxylation is 2. The molecule has 0 aliphatic heterocycles. The summed E-state index contributed by atoms with van der Waals surface area (Å²) in [6.45, 7) is 0.918. The van der Waals surface area contributed by atoms with E-state index in [1.165, 1.54) is 23.8 Å². The highest BCUT2D eigenvalue weighted by molar-refractivity contribution is 7.20. The predicted octanol–water partition coefficient (Wildman–Crippen LogP) is 6.70. The maximum absolute atomic E-state index is 13.9. The van der Waals surface area contributed by atoms with Crippen molar-refractivity contribution in [1.82, 2.24) is 10.3 Å². The molecule has 10 heteroatoms. The van der Waals surface area contributed by atoms with Crippen LogP contribution in [-0.4, -0.2) is 23.5 Å². The van der Waals surface area contributed by atoms with Crippen LogP contribution in [-0.2, 0) is 22.1 Å². The lowest BCUT2D eigenvalue weighted by molar-refractivity contribution is -0.136. The normalized spacial score (nSPS) is 15.5. The Bertz CT molecular complexity index is 1440. The summed E-state index contributed by atoms with van der Waals surface area (Å²) in [5.74, 6) is -1.31. The summed E-state index contributed by atoms with van der Waals surface area (Å²) in [6.07, 6.45) is -1.96. The van der Waals surface area contributed by atoms with Gasteiger partial charge in [0.05, 0.1) is 22.2 Å². The van der Waals surface area contributed by atoms with Crippen molar-refractivity contribution >= 4 is 44.8 Å². The number of fused-ring (bicyclic) bond motifs is 2. The molecule has 1 aliphatic rings. The molecule has 0 saturated heterocycles. The van der Waals surface area contributed by atoms with Crippen LogP contribution < -0.4 is 5.32 Å². The Labute approximate surface area is 212 Å². The minimum Gasteiger partial charge on any atom is -0.451 e. The molecule has 5 rings (SSSR count). The number of carbonyl (C=O) groups excluding carboxylic acids is 2. The maximum Gasteiger partial charge on any atom is 0.417 e. The van der Waals surface area contributed by atoms with E-state index in [1.807, 2.05) is 24.3 Å². The number of rotatable bonds is 5. The number of aromatic nitrogens is 1. The molecule has 1 amide bonds. The van der Waals surface area contributed by atoms with Crippen LogP contribution in [0.5, 0.6) is 0 Å². The molecule has 0 fully saturated rings. The number of benzene rings is 1. The fourth-order valence-electron chi connectivity index (χ4n) is 4.55. The SMILES string of the molecule is Cc1c(C(=O)OCC(=O)N[C@H]2CCCc3ccccc32)sc2nc(-c3cccs3)cc(C(F)(F)F)c12. The van der Waals surface area contributed by atoms with E-state index in [4.69, 9.17) is 4.74 Å². The molecule has 0 unspecified atom stereocenters. The maximum atomic E-state index is 13.9. The summed E-state index contributed by atoms with van der Waals surface area (Å²) in [7, 11) is 0. The molecule has 0 bridgehead atoms. The number of ether oxygens (including phenoxy) is 1. The van der Waals surface area contributed by atoms with Gasteiger partial charge in [0.1, 0.15) is 9.71 Å². The number of thiophene rings is 2. The van der Waals surface area contributed by atoms with Crippen molar-refractivity contribution in [2.75, 3.05) is 6.61 Å². The van der Waals surface area contributed by atoms with Crippen LogP contribution in [0.3, 0.4) is 0 Å². The second kappa shape index (κ2) is 9.67. The molecule has 5 nitrogen and oxygen atoms in total. The first-order valence-corrected chi connectivity index (χ1v) is 13.0. The Kier molecular flexibility index (Phi) is 6.57. The van der Waals surface area contributed by atoms with E-state index >= 15 is 0 Å². The number of halogens is 3. The number of amides is 1. The summed E-state index contributed by atoms with van der Waals surface area (Å²) in [5, 5.41) is 4.54. The van der Waals surface area contributed by atoms with E-state index in [0.717, 1.165) is 42.2 Å². The van der Waals surface area contributed by atoms with E-state index in [1.54, 1.807) is 17.5 Å². The van der Waals surface area contributed by atoms with Crippen molar-refractivity contribution in [1.29, 1.82) is 0 Å². The van der Waals surface area contributed by atoms with Crippen molar-refractivity contribution in [3.8, 4) is 10.6 Å². The number of alkyl halides is 3. The van der Waals surface area contributed by atoms with Crippen molar-refractivity contribution in [2.24, 2.45) is 0 Å². The summed E-state index contributed by atoms with van der Waals surface area (Å²) in [6, 6.07) is 12.2. The van der Waals surface area contributed by atoms with Gasteiger partial charge in [-0.1, -0.05) is 30.3 Å². The molecule has 186 valence electrons. The first-order valence-electron chi connectivity index (χ1n) is 11.3. The third-order valence-electron chi connectivity index (χ3n) is 6.20. The molecule has 1 aliphatic carbocycles. The molecular weight excluding hydrogens is 509 g/mol. The second-order valence-electron chi connectivity index (χ2n) is 8.55. The molecule has 4 aromatic rings. The van der Waals surface area contributed by atoms with Gasteiger partial charge in [-0.3, -0.25) is 4.79 Å². The Morgan fingerprint density at radius 2 is 2.00 bits per heavy atom. The zero-order chi connectivity index (χ0) is 25.4. The molecule has 1 atom stereocenters. The Morgan fingerprint density at radius 3 is 2.75 bits per heavy atom. The van der Waals surface area contributed by atoms with Crippen molar-refractivity contribution < 1.29 is 27.5 Å². The molecule has 0 saturated carbocycles. The van der Waals surface area contributed by atoms with Crippen LogP contribution in [0, 0.1) is 6.92 Å². The highest BCUT2D eigenvalue weighted by Crippen LogP contribution is 2.42. The molecule has 3 aromatic heterocycles. The van der Waals surface area contributed by atoms with Gasteiger partial charge in [0.15, 0.2) is 6.61 Å². The van der Waals surface area contributed by atoms with Crippen LogP contribution >= 0.6 is 22.7 Å². The number of esters is 1. The molecule has 1 N–H and O–H groups in total. The fraction of sp³-hybridized carbons (Fsp3) is 0.269. The Hall–Kier alpha value is -3.24. The summed E-state index contributed by atoms with van der Waals surface area (Å²) < 4.78 is 47.0. The minimum absolute atomic E-state index is 0.00198. The van der Waals surface area contributed by atoms with Crippen molar-refractivity contribution in [3.63, 3.8) is 0 Å². The van der Waals surface area contributed by atoms with Gasteiger partial charge in [0, 0.05) is 5.39 Å². The zero-order valence-corrected chi connectivity index (χ0v) is 20.8. The van der Waals surface area contributed by atoms with E-state index in [0.29, 0.717) is 4.88 Å². The van der Waals surface area contributed by atoms with E-state index in [-0.39, 0.29) is 32.4 Å². The molecule has 0 radical (unpaired) electrons. The van der Waals surface area contributed by atoms with Crippen LogP contribution in [0.4, 0.5) is 13.2 Å². The average Bonchev–Trinajstić information content (AvgIpc) is 3.50. The van der Waals surface area contributed by atoms with Gasteiger partial charge >= 0.3 is 12.1 Å². The van der Waals surface area contributed by atoms with Crippen LogP contribution in [0.1, 0.15) is 50.8 Å². The van der Waals surface area contributed by atoms with Gasteiger partial charge in [-0.25, -0.2) is 9.78 Å². The lowest BCUT2D eigenvalue weighted by Crippen LogP contribution is -2.34. The first-order chi connectivity index (χ1) is 17.2. The number of nitrogens with zero attached hydrogens (tertiary/aromatic N) is 1. The van der Waals surface area contributed by atoms with Gasteiger partial charge in [-0.15, -0.1) is 22.7 Å². The lowest BCUT2D eigenvalue weighted by Gasteiger charge is -2.26. The zero-order valence-electron chi connectivity index (χ0n) is 19.1. The predicted molar refractivity (Wildman–Crippen MR) is 133 cm³/mol. The molecule has 3 heterocycles. The number of carbonyl (C=O) groups is 2. The summed E-state index contributed by atoms with van der Waals surface area (Å²) >= 11 is 2.12. The van der Waals surface area contributed by atoms with Crippen molar-refractivity contribution in [3.05, 3.63) is 75.0 Å². The first kappa shape index (κ1) is 24.5. The largest absolute Gasteiger partial charge is 0.451 e. The topological polar surface area (TPSA) is 68.3 Å². The number of hydrogen-bond acceptors (Lipinski definition) is 6. The quantitative estimate of drug-likeness (QED) is 0.292. The molecule has 36 heavy (non-hydrogen) atoms. The molecule has 0 spiro atoms. The third kappa shape index (κ3) is 4.75. The van der Waals surface area contributed by atoms with Crippen molar-refractivity contribution in [2.45, 2.75) is 38.4 Å². The summed E-state index contributed by atoms with van der Waals surface area (Å²) in [5.41, 5.74) is 1.72. The minimum atomic E-state index is -4.63. The van der Waals surface area contributed by atoms with Crippen LogP contribution in [0.15, 0.2) is 47.8 Å². The fourth-order valence-corrected chi connectivity index (χ4v) is 6.34. The third-order valence-corrected chi connectivity index (χ3v) is 8.26. The number of pyridine rings is 1. The molecular formula is C26H21F3N2O3S2. The second-order valence-corrected chi connectivity index (χ2v) is 10.5. The highest BCUT2D eigenvalue weighted by atomic mass is 32.1. The van der Waals surface area contributed by atoms with Gasteiger partial charge < -0.3 is 10.1 Å². The van der Waals surface area contributed by atoms with Gasteiger partial charge in [0.25, 0.3) is 5.91 Å². The van der Waals surface area contributed by atoms with E-state index < -0.39 is 30.2 Å². The summed E-state index contributed by atoms with van der Waals surface area (Å²) in [4.78, 5) is 30.4. The standard InChI is InChI=1S/C26H21F3N2O3S2/c1-14-22-17(26(27,28)29)12-19(20-10-5-11-35-20)31-24(22)36-23(14)25(33)34-13-21(32)30-18-9-4-7-15-6-2-3-8-16(15)18/h2-3,5-6,8,10-12,18H,4,7,9,13H2,1H3,(H,30,32)/t18-/m0/s1. The van der Waals surface area contributed by atoms with Crippen LogP contribution in [0.25, 0.3) is 20.8 Å². The lowest BCUT2D eigenvalue weighted by atomic mass is 9.88. The number of nitrogens with one attached hydrogen (secondary N) is 1. The number of hydrogen-bond donors (Lipinski definition) is 1. The van der Waals surface area contributed by atoms with E-state index in [2.05, 4.69) is 10.3 Å². The monoisotopic (exact) mass is 530 g/mol. The van der Waals surface area contributed by atoms with Gasteiger partial charge in [0.2, 0.25) is 0 Å². The average molecular weight is 531 g/mol. The Morgan fingerprint density at radius 1 is 1.19 bits per heavy atom. The smallest absolute Gasteiger partial charge is 0.417 e. The van der Waals surface area contributed by atoms with E-state index in [9.17, 15) is 22.8 Å². The highest BCUT2D eigenvalue weighted by Gasteiger charge is 2.36. The Balaban J connectivity index is 1.36. The van der Waals surface area contributed by atoms with Gasteiger partial charge in [-0.05, 0) is 60.4 Å².